The number of rotatable bonds is 5. The van der Waals surface area contributed by atoms with Crippen LogP contribution in [0.4, 0.5) is 11.4 Å². The highest BCUT2D eigenvalue weighted by molar-refractivity contribution is 9.10. The van der Waals surface area contributed by atoms with Crippen molar-refractivity contribution in [3.63, 3.8) is 0 Å². The van der Waals surface area contributed by atoms with Crippen molar-refractivity contribution in [2.45, 2.75) is 6.54 Å². The number of carbonyl (C=O) groups excluding carboxylic acids is 1. The molecule has 24 heavy (non-hydrogen) atoms. The van der Waals surface area contributed by atoms with Crippen LogP contribution in [0.3, 0.4) is 0 Å². The van der Waals surface area contributed by atoms with E-state index in [1.807, 2.05) is 6.07 Å². The number of carbonyl (C=O) groups is 1. The number of primary amides is 1. The fourth-order valence-corrected chi connectivity index (χ4v) is 2.91. The van der Waals surface area contributed by atoms with Crippen molar-refractivity contribution in [2.24, 2.45) is 5.73 Å². The van der Waals surface area contributed by atoms with E-state index in [0.29, 0.717) is 23.7 Å². The van der Waals surface area contributed by atoms with E-state index in [2.05, 4.69) is 21.2 Å². The number of amides is 1. The van der Waals surface area contributed by atoms with E-state index in [4.69, 9.17) is 15.2 Å². The Kier molecular flexibility index (Phi) is 4.26. The number of ether oxygens (including phenoxy) is 2. The zero-order valence-corrected chi connectivity index (χ0v) is 13.8. The smallest absolute Gasteiger partial charge is 0.293 e. The molecule has 0 spiro atoms. The van der Waals surface area contributed by atoms with E-state index in [1.54, 1.807) is 6.07 Å². The summed E-state index contributed by atoms with van der Waals surface area (Å²) in [5.41, 5.74) is 6.16. The molecular formula is C15H12BrN3O5. The molecule has 9 heteroatoms. The number of hydrogen-bond acceptors (Lipinski definition) is 6. The largest absolute Gasteiger partial charge is 0.454 e. The second kappa shape index (κ2) is 6.36. The number of nitrogens with two attached hydrogens (primary N) is 1. The Morgan fingerprint density at radius 2 is 2.12 bits per heavy atom. The minimum absolute atomic E-state index is 0.0815. The average molecular weight is 394 g/mol. The van der Waals surface area contributed by atoms with Crippen molar-refractivity contribution in [1.82, 2.24) is 0 Å². The van der Waals surface area contributed by atoms with Crippen LogP contribution >= 0.6 is 15.9 Å². The summed E-state index contributed by atoms with van der Waals surface area (Å²) in [6, 6.07) is 7.68. The van der Waals surface area contributed by atoms with Gasteiger partial charge in [-0.15, -0.1) is 0 Å². The number of anilines is 1. The van der Waals surface area contributed by atoms with E-state index in [-0.39, 0.29) is 18.0 Å². The maximum atomic E-state index is 11.2. The van der Waals surface area contributed by atoms with Gasteiger partial charge in [0.2, 0.25) is 12.7 Å². The van der Waals surface area contributed by atoms with Gasteiger partial charge in [-0.1, -0.05) is 0 Å². The molecule has 0 radical (unpaired) electrons. The van der Waals surface area contributed by atoms with Crippen LogP contribution in [0, 0.1) is 10.1 Å². The average Bonchev–Trinajstić information content (AvgIpc) is 3.01. The van der Waals surface area contributed by atoms with Crippen molar-refractivity contribution < 1.29 is 19.2 Å². The molecule has 0 saturated heterocycles. The van der Waals surface area contributed by atoms with Gasteiger partial charge in [0.25, 0.3) is 5.69 Å². The van der Waals surface area contributed by atoms with Gasteiger partial charge in [0.15, 0.2) is 11.5 Å². The molecule has 124 valence electrons. The fraction of sp³-hybridized carbons (Fsp3) is 0.133. The molecule has 0 bridgehead atoms. The molecule has 0 saturated carbocycles. The predicted octanol–water partition coefficient (Wildman–Crippen LogP) is 2.80. The van der Waals surface area contributed by atoms with E-state index >= 15 is 0 Å². The highest BCUT2D eigenvalue weighted by Crippen LogP contribution is 2.40. The quantitative estimate of drug-likeness (QED) is 0.595. The van der Waals surface area contributed by atoms with E-state index < -0.39 is 10.8 Å². The zero-order chi connectivity index (χ0) is 17.3. The summed E-state index contributed by atoms with van der Waals surface area (Å²) in [6.07, 6.45) is 0. The van der Waals surface area contributed by atoms with Gasteiger partial charge in [0.05, 0.1) is 9.40 Å². The number of nitrogens with one attached hydrogen (secondary N) is 1. The topological polar surface area (TPSA) is 117 Å². The SMILES string of the molecule is NC(=O)c1ccc(NCc2cc(Br)c3c(c2)OCO3)c([N+](=O)[O-])c1. The molecule has 0 atom stereocenters. The first kappa shape index (κ1) is 16.1. The van der Waals surface area contributed by atoms with Gasteiger partial charge in [-0.2, -0.15) is 0 Å². The van der Waals surface area contributed by atoms with Crippen LogP contribution in [0.15, 0.2) is 34.8 Å². The highest BCUT2D eigenvalue weighted by Gasteiger charge is 2.19. The first-order valence-corrected chi connectivity index (χ1v) is 7.65. The van der Waals surface area contributed by atoms with E-state index in [1.165, 1.54) is 12.1 Å². The van der Waals surface area contributed by atoms with Crippen LogP contribution in [0.2, 0.25) is 0 Å². The first-order valence-electron chi connectivity index (χ1n) is 6.86. The summed E-state index contributed by atoms with van der Waals surface area (Å²) in [5, 5.41) is 14.2. The molecule has 3 N–H and O–H groups in total. The van der Waals surface area contributed by atoms with Crippen LogP contribution in [-0.4, -0.2) is 17.6 Å². The lowest BCUT2D eigenvalue weighted by Gasteiger charge is -2.09. The number of nitro groups is 1. The molecule has 1 aliphatic rings. The summed E-state index contributed by atoms with van der Waals surface area (Å²) in [4.78, 5) is 21.8. The molecule has 1 amide bonds. The lowest BCUT2D eigenvalue weighted by molar-refractivity contribution is -0.384. The van der Waals surface area contributed by atoms with Crippen molar-refractivity contribution >= 4 is 33.2 Å². The second-order valence-electron chi connectivity index (χ2n) is 5.02. The summed E-state index contributed by atoms with van der Waals surface area (Å²) in [5.74, 6) is 0.527. The van der Waals surface area contributed by atoms with Crippen molar-refractivity contribution in [3.8, 4) is 11.5 Å². The van der Waals surface area contributed by atoms with Gasteiger partial charge in [0, 0.05) is 18.2 Å². The number of nitro benzene ring substituents is 1. The minimum Gasteiger partial charge on any atom is -0.454 e. The minimum atomic E-state index is -0.718. The van der Waals surface area contributed by atoms with Crippen molar-refractivity contribution in [2.75, 3.05) is 12.1 Å². The first-order chi connectivity index (χ1) is 11.5. The Morgan fingerprint density at radius 1 is 1.33 bits per heavy atom. The fourth-order valence-electron chi connectivity index (χ4n) is 2.31. The Morgan fingerprint density at radius 3 is 2.83 bits per heavy atom. The number of hydrogen-bond donors (Lipinski definition) is 2. The van der Waals surface area contributed by atoms with Gasteiger partial charge < -0.3 is 20.5 Å². The van der Waals surface area contributed by atoms with Crippen LogP contribution in [0.25, 0.3) is 0 Å². The number of fused-ring (bicyclic) bond motifs is 1. The molecule has 1 aliphatic heterocycles. The summed E-state index contributed by atoms with van der Waals surface area (Å²) in [6.45, 7) is 0.483. The Bertz CT molecular complexity index is 840. The molecule has 2 aromatic rings. The second-order valence-corrected chi connectivity index (χ2v) is 5.87. The summed E-state index contributed by atoms with van der Waals surface area (Å²) >= 11 is 3.40. The predicted molar refractivity (Wildman–Crippen MR) is 89.2 cm³/mol. The van der Waals surface area contributed by atoms with Crippen molar-refractivity contribution in [1.29, 1.82) is 0 Å². The van der Waals surface area contributed by atoms with Gasteiger partial charge in [0.1, 0.15) is 5.69 Å². The number of nitrogens with zero attached hydrogens (tertiary/aromatic N) is 1. The van der Waals surface area contributed by atoms with E-state index in [9.17, 15) is 14.9 Å². The lowest BCUT2D eigenvalue weighted by atomic mass is 10.1. The lowest BCUT2D eigenvalue weighted by Crippen LogP contribution is -2.12. The van der Waals surface area contributed by atoms with Gasteiger partial charge in [-0.05, 0) is 45.8 Å². The standard InChI is InChI=1S/C15H12BrN3O5/c16-10-3-8(4-13-14(10)24-7-23-13)6-18-11-2-1-9(15(17)20)5-12(11)19(21)22/h1-5,18H,6-7H2,(H2,17,20). The van der Waals surface area contributed by atoms with Crippen LogP contribution < -0.4 is 20.5 Å². The Hall–Kier alpha value is -2.81. The third-order valence-corrected chi connectivity index (χ3v) is 4.04. The normalized spacial score (nSPS) is 12.0. The van der Waals surface area contributed by atoms with Gasteiger partial charge >= 0.3 is 0 Å². The maximum Gasteiger partial charge on any atom is 0.293 e. The molecular weight excluding hydrogens is 382 g/mol. The Balaban J connectivity index is 1.83. The van der Waals surface area contributed by atoms with E-state index in [0.717, 1.165) is 16.1 Å². The number of halogens is 1. The van der Waals surface area contributed by atoms with Crippen LogP contribution in [-0.2, 0) is 6.54 Å². The summed E-state index contributed by atoms with van der Waals surface area (Å²) in [7, 11) is 0. The van der Waals surface area contributed by atoms with Crippen LogP contribution in [0.5, 0.6) is 11.5 Å². The summed E-state index contributed by atoms with van der Waals surface area (Å²) < 4.78 is 11.4. The molecule has 0 fully saturated rings. The molecule has 8 nitrogen and oxygen atoms in total. The Labute approximate surface area is 144 Å². The monoisotopic (exact) mass is 393 g/mol. The van der Waals surface area contributed by atoms with Crippen LogP contribution in [0.1, 0.15) is 15.9 Å². The third kappa shape index (κ3) is 3.11. The van der Waals surface area contributed by atoms with Crippen molar-refractivity contribution in [3.05, 3.63) is 56.0 Å². The molecule has 0 unspecified atom stereocenters. The molecule has 2 aromatic carbocycles. The molecule has 1 heterocycles. The number of benzene rings is 2. The third-order valence-electron chi connectivity index (χ3n) is 3.45. The molecule has 3 rings (SSSR count). The van der Waals surface area contributed by atoms with Gasteiger partial charge in [-0.3, -0.25) is 14.9 Å². The molecule has 0 aliphatic carbocycles. The highest BCUT2D eigenvalue weighted by atomic mass is 79.9. The van der Waals surface area contributed by atoms with Gasteiger partial charge in [-0.25, -0.2) is 0 Å². The molecule has 0 aromatic heterocycles. The zero-order valence-electron chi connectivity index (χ0n) is 12.2. The maximum absolute atomic E-state index is 11.2.